The standard InChI is InChI=1S/C20H30N4O4.HI/c1-3-21-20(24-11-6-12-26-15-17-7-4-13-27-17)23-10-5-9-22-19(25)18-16(2)8-14-28-18;/h4,7-8,13-14H,3,5-6,9-12,15H2,1-2H3,(H,22,25)(H2,21,23,24);1H. The number of ether oxygens (including phenoxy) is 1. The number of amides is 1. The average molecular weight is 518 g/mol. The third kappa shape index (κ3) is 9.84. The van der Waals surface area contributed by atoms with Gasteiger partial charge in [0.15, 0.2) is 11.7 Å². The number of nitrogens with zero attached hydrogens (tertiary/aromatic N) is 1. The van der Waals surface area contributed by atoms with Crippen LogP contribution in [-0.2, 0) is 11.3 Å². The molecule has 2 aromatic rings. The number of carbonyl (C=O) groups excluding carboxylic acids is 1. The number of carbonyl (C=O) groups is 1. The Morgan fingerprint density at radius 1 is 1.10 bits per heavy atom. The van der Waals surface area contributed by atoms with Crippen molar-refractivity contribution >= 4 is 35.8 Å². The van der Waals surface area contributed by atoms with Gasteiger partial charge in [0.05, 0.1) is 12.5 Å². The summed E-state index contributed by atoms with van der Waals surface area (Å²) in [7, 11) is 0. The number of aliphatic imine (C=N–C) groups is 1. The molecule has 0 spiro atoms. The van der Waals surface area contributed by atoms with Gasteiger partial charge in [0.2, 0.25) is 0 Å². The fourth-order valence-electron chi connectivity index (χ4n) is 2.45. The number of halogens is 1. The first-order valence-corrected chi connectivity index (χ1v) is 9.65. The molecule has 0 aliphatic rings. The highest BCUT2D eigenvalue weighted by molar-refractivity contribution is 14.0. The summed E-state index contributed by atoms with van der Waals surface area (Å²) in [5, 5.41) is 9.33. The summed E-state index contributed by atoms with van der Waals surface area (Å²) in [6.07, 6.45) is 4.77. The van der Waals surface area contributed by atoms with Crippen molar-refractivity contribution in [2.24, 2.45) is 4.99 Å². The van der Waals surface area contributed by atoms with Crippen LogP contribution in [0.15, 0.2) is 44.6 Å². The van der Waals surface area contributed by atoms with E-state index < -0.39 is 0 Å². The lowest BCUT2D eigenvalue weighted by Gasteiger charge is -2.11. The lowest BCUT2D eigenvalue weighted by atomic mass is 10.2. The predicted octanol–water partition coefficient (Wildman–Crippen LogP) is 3.08. The second-order valence-corrected chi connectivity index (χ2v) is 6.22. The lowest BCUT2D eigenvalue weighted by Crippen LogP contribution is -2.38. The van der Waals surface area contributed by atoms with Crippen LogP contribution in [0.4, 0.5) is 0 Å². The lowest BCUT2D eigenvalue weighted by molar-refractivity contribution is 0.0925. The fraction of sp³-hybridized carbons (Fsp3) is 0.500. The van der Waals surface area contributed by atoms with Gasteiger partial charge in [0, 0.05) is 38.3 Å². The topological polar surface area (TPSA) is 101 Å². The molecule has 1 amide bonds. The first-order chi connectivity index (χ1) is 13.7. The smallest absolute Gasteiger partial charge is 0.287 e. The van der Waals surface area contributed by atoms with Crippen LogP contribution >= 0.6 is 24.0 Å². The largest absolute Gasteiger partial charge is 0.467 e. The van der Waals surface area contributed by atoms with Gasteiger partial charge in [-0.05, 0) is 44.9 Å². The molecule has 0 bridgehead atoms. The molecule has 0 aliphatic heterocycles. The van der Waals surface area contributed by atoms with Gasteiger partial charge < -0.3 is 29.5 Å². The Labute approximate surface area is 188 Å². The van der Waals surface area contributed by atoms with Gasteiger partial charge in [-0.25, -0.2) is 0 Å². The van der Waals surface area contributed by atoms with Crippen molar-refractivity contribution in [2.45, 2.75) is 33.3 Å². The molecule has 0 saturated heterocycles. The number of nitrogens with one attached hydrogen (secondary N) is 3. The van der Waals surface area contributed by atoms with Crippen molar-refractivity contribution in [2.75, 3.05) is 32.8 Å². The zero-order valence-corrected chi connectivity index (χ0v) is 19.4. The van der Waals surface area contributed by atoms with Gasteiger partial charge >= 0.3 is 0 Å². The van der Waals surface area contributed by atoms with E-state index in [4.69, 9.17) is 13.6 Å². The van der Waals surface area contributed by atoms with Crippen molar-refractivity contribution in [3.63, 3.8) is 0 Å². The minimum atomic E-state index is -0.189. The van der Waals surface area contributed by atoms with Gasteiger partial charge in [-0.1, -0.05) is 0 Å². The van der Waals surface area contributed by atoms with Crippen molar-refractivity contribution in [3.05, 3.63) is 47.8 Å². The summed E-state index contributed by atoms with van der Waals surface area (Å²) in [5.41, 5.74) is 0.835. The minimum absolute atomic E-state index is 0. The molecule has 162 valence electrons. The van der Waals surface area contributed by atoms with Gasteiger partial charge in [0.25, 0.3) is 5.91 Å². The van der Waals surface area contributed by atoms with Crippen molar-refractivity contribution in [1.29, 1.82) is 0 Å². The Hall–Kier alpha value is -2.01. The molecule has 3 N–H and O–H groups in total. The number of hydrogen-bond donors (Lipinski definition) is 3. The monoisotopic (exact) mass is 518 g/mol. The number of hydrogen-bond acceptors (Lipinski definition) is 5. The third-order valence-electron chi connectivity index (χ3n) is 3.89. The molecule has 0 aliphatic carbocycles. The normalized spacial score (nSPS) is 11.0. The van der Waals surface area contributed by atoms with E-state index in [2.05, 4.69) is 20.9 Å². The Morgan fingerprint density at radius 3 is 2.62 bits per heavy atom. The summed E-state index contributed by atoms with van der Waals surface area (Å²) in [6.45, 7) is 7.71. The quantitative estimate of drug-likeness (QED) is 0.173. The molecule has 2 heterocycles. The highest BCUT2D eigenvalue weighted by atomic mass is 127. The Balaban J connectivity index is 0.00000420. The van der Waals surface area contributed by atoms with Crippen molar-refractivity contribution in [3.8, 4) is 0 Å². The van der Waals surface area contributed by atoms with Crippen LogP contribution in [0.1, 0.15) is 41.6 Å². The highest BCUT2D eigenvalue weighted by Crippen LogP contribution is 2.07. The average Bonchev–Trinajstić information content (AvgIpc) is 3.35. The SMILES string of the molecule is CCNC(=NCCCNC(=O)c1occc1C)NCCCOCc1ccco1.I. The van der Waals surface area contributed by atoms with Crippen LogP contribution in [0.3, 0.4) is 0 Å². The fourth-order valence-corrected chi connectivity index (χ4v) is 2.45. The molecule has 0 unspecified atom stereocenters. The summed E-state index contributed by atoms with van der Waals surface area (Å²) in [5.74, 6) is 1.78. The number of furan rings is 2. The molecular weight excluding hydrogens is 487 g/mol. The minimum Gasteiger partial charge on any atom is -0.467 e. The Bertz CT molecular complexity index is 716. The van der Waals surface area contributed by atoms with Crippen molar-refractivity contribution < 1.29 is 18.4 Å². The van der Waals surface area contributed by atoms with Crippen LogP contribution < -0.4 is 16.0 Å². The molecule has 9 heteroatoms. The maximum absolute atomic E-state index is 11.9. The summed E-state index contributed by atoms with van der Waals surface area (Å²) in [4.78, 5) is 16.5. The van der Waals surface area contributed by atoms with E-state index in [1.165, 1.54) is 6.26 Å². The first kappa shape index (κ1) is 25.0. The van der Waals surface area contributed by atoms with E-state index in [9.17, 15) is 4.79 Å². The molecule has 2 rings (SSSR count). The Kier molecular flexibility index (Phi) is 12.9. The number of aryl methyl sites for hydroxylation is 1. The second-order valence-electron chi connectivity index (χ2n) is 6.22. The molecule has 0 fully saturated rings. The zero-order valence-electron chi connectivity index (χ0n) is 17.0. The van der Waals surface area contributed by atoms with Crippen molar-refractivity contribution in [1.82, 2.24) is 16.0 Å². The van der Waals surface area contributed by atoms with Gasteiger partial charge in [-0.2, -0.15) is 0 Å². The molecule has 0 saturated carbocycles. The predicted molar refractivity (Wildman–Crippen MR) is 123 cm³/mol. The van der Waals surface area contributed by atoms with Gasteiger partial charge in [-0.15, -0.1) is 24.0 Å². The maximum atomic E-state index is 11.9. The summed E-state index contributed by atoms with van der Waals surface area (Å²) < 4.78 is 15.9. The van der Waals surface area contributed by atoms with E-state index in [0.717, 1.165) is 43.2 Å². The molecular formula is C20H31IN4O4. The van der Waals surface area contributed by atoms with Crippen LogP contribution in [0.2, 0.25) is 0 Å². The second kappa shape index (κ2) is 14.9. The molecule has 29 heavy (non-hydrogen) atoms. The third-order valence-corrected chi connectivity index (χ3v) is 3.89. The molecule has 0 radical (unpaired) electrons. The van der Waals surface area contributed by atoms with Crippen LogP contribution in [-0.4, -0.2) is 44.7 Å². The van der Waals surface area contributed by atoms with Gasteiger partial charge in [-0.3, -0.25) is 9.79 Å². The van der Waals surface area contributed by atoms with E-state index in [1.807, 2.05) is 26.0 Å². The number of guanidine groups is 1. The first-order valence-electron chi connectivity index (χ1n) is 9.65. The van der Waals surface area contributed by atoms with E-state index in [-0.39, 0.29) is 29.9 Å². The van der Waals surface area contributed by atoms with Crippen LogP contribution in [0, 0.1) is 6.92 Å². The molecule has 0 atom stereocenters. The molecule has 2 aromatic heterocycles. The summed E-state index contributed by atoms with van der Waals surface area (Å²) in [6, 6.07) is 5.52. The van der Waals surface area contributed by atoms with Crippen LogP contribution in [0.25, 0.3) is 0 Å². The molecule has 0 aromatic carbocycles. The highest BCUT2D eigenvalue weighted by Gasteiger charge is 2.11. The van der Waals surface area contributed by atoms with E-state index in [0.29, 0.717) is 32.1 Å². The summed E-state index contributed by atoms with van der Waals surface area (Å²) >= 11 is 0. The zero-order chi connectivity index (χ0) is 20.0. The van der Waals surface area contributed by atoms with Gasteiger partial charge in [0.1, 0.15) is 12.4 Å². The Morgan fingerprint density at radius 2 is 1.93 bits per heavy atom. The molecule has 8 nitrogen and oxygen atoms in total. The number of rotatable bonds is 12. The van der Waals surface area contributed by atoms with Crippen LogP contribution in [0.5, 0.6) is 0 Å². The van der Waals surface area contributed by atoms with E-state index >= 15 is 0 Å². The maximum Gasteiger partial charge on any atom is 0.287 e. The van der Waals surface area contributed by atoms with E-state index in [1.54, 1.807) is 12.3 Å².